The van der Waals surface area contributed by atoms with Crippen molar-refractivity contribution in [3.05, 3.63) is 34.4 Å². The Hall–Kier alpha value is -2.97. The number of nitro benzene ring substituents is 1. The molecule has 0 saturated carbocycles. The van der Waals surface area contributed by atoms with Gasteiger partial charge in [-0.05, 0) is 80.8 Å². The summed E-state index contributed by atoms with van der Waals surface area (Å²) < 4.78 is 38.1. The molecule has 0 unspecified atom stereocenters. The van der Waals surface area contributed by atoms with E-state index in [4.69, 9.17) is 9.47 Å². The summed E-state index contributed by atoms with van der Waals surface area (Å²) in [5.41, 5.74) is -1.51. The molecule has 2 heterocycles. The van der Waals surface area contributed by atoms with Gasteiger partial charge in [-0.1, -0.05) is 12.1 Å². The summed E-state index contributed by atoms with van der Waals surface area (Å²) in [6.07, 6.45) is 0.699. The van der Waals surface area contributed by atoms with Crippen molar-refractivity contribution < 1.29 is 32.4 Å². The first-order chi connectivity index (χ1) is 19.3. The number of nitrogens with zero attached hydrogens (tertiary/aromatic N) is 4. The Balaban J connectivity index is 0.000000347. The van der Waals surface area contributed by atoms with Gasteiger partial charge in [-0.2, -0.15) is 4.31 Å². The molecule has 1 N–H and O–H groups in total. The van der Waals surface area contributed by atoms with Crippen molar-refractivity contribution in [2.45, 2.75) is 96.4 Å². The lowest BCUT2D eigenvalue weighted by Crippen LogP contribution is -2.45. The standard InChI is InChI=1S/C17H25N3O6S.C11H22N2O2/c1-13-12-18(16(21)26-17(2,3)4)10-7-11-19(13)27(24,25)15-9-6-5-8-14(15)20(22)23;1-9-8-13(7-5-6-12-9)10(14)15-11(2,3)4/h5-6,8-9,13H,7,10-12H2,1-4H3;9,12H,5-8H2,1-4H3/t13-;9-/m00/s1. The minimum Gasteiger partial charge on any atom is -0.444 e. The second-order valence-corrected chi connectivity index (χ2v) is 14.5. The van der Waals surface area contributed by atoms with Crippen molar-refractivity contribution in [1.29, 1.82) is 0 Å². The first-order valence-corrected chi connectivity index (χ1v) is 15.7. The molecule has 2 aliphatic rings. The molecule has 0 aromatic heterocycles. The van der Waals surface area contributed by atoms with E-state index in [-0.39, 0.29) is 24.1 Å². The fourth-order valence-electron chi connectivity index (χ4n) is 4.54. The minimum atomic E-state index is -4.08. The zero-order valence-electron chi connectivity index (χ0n) is 26.1. The number of hydrogen-bond donors (Lipinski definition) is 1. The smallest absolute Gasteiger partial charge is 0.410 e. The zero-order chi connectivity index (χ0) is 31.9. The third kappa shape index (κ3) is 10.7. The van der Waals surface area contributed by atoms with E-state index in [9.17, 15) is 28.1 Å². The Morgan fingerprint density at radius 2 is 1.43 bits per heavy atom. The lowest BCUT2D eigenvalue weighted by molar-refractivity contribution is -0.387. The molecule has 238 valence electrons. The third-order valence-electron chi connectivity index (χ3n) is 6.33. The number of hydrogen-bond acceptors (Lipinski definition) is 9. The second-order valence-electron chi connectivity index (χ2n) is 12.6. The average molecular weight is 614 g/mol. The molecular weight excluding hydrogens is 566 g/mol. The Kier molecular flexibility index (Phi) is 12.1. The van der Waals surface area contributed by atoms with Crippen LogP contribution in [0, 0.1) is 10.1 Å². The fraction of sp³-hybridized carbons (Fsp3) is 0.714. The molecule has 3 rings (SSSR count). The van der Waals surface area contributed by atoms with E-state index in [2.05, 4.69) is 12.2 Å². The maximum atomic E-state index is 13.1. The maximum Gasteiger partial charge on any atom is 0.410 e. The Bertz CT molecular complexity index is 1200. The van der Waals surface area contributed by atoms with Crippen molar-refractivity contribution in [2.24, 2.45) is 0 Å². The van der Waals surface area contributed by atoms with Gasteiger partial charge in [0.2, 0.25) is 10.0 Å². The quantitative estimate of drug-likeness (QED) is 0.390. The molecule has 1 aromatic carbocycles. The number of nitro groups is 1. The molecule has 13 nitrogen and oxygen atoms in total. The predicted molar refractivity (Wildman–Crippen MR) is 159 cm³/mol. The van der Waals surface area contributed by atoms with E-state index in [0.717, 1.165) is 26.1 Å². The van der Waals surface area contributed by atoms with Gasteiger partial charge in [-0.15, -0.1) is 0 Å². The van der Waals surface area contributed by atoms with Crippen LogP contribution in [0.3, 0.4) is 0 Å². The molecule has 0 bridgehead atoms. The van der Waals surface area contributed by atoms with E-state index in [1.54, 1.807) is 32.6 Å². The normalized spacial score (nSPS) is 20.9. The van der Waals surface area contributed by atoms with Crippen LogP contribution in [-0.4, -0.2) is 102 Å². The van der Waals surface area contributed by atoms with Gasteiger partial charge in [0.15, 0.2) is 4.90 Å². The lowest BCUT2D eigenvalue weighted by Gasteiger charge is -2.29. The van der Waals surface area contributed by atoms with Crippen LogP contribution in [0.5, 0.6) is 0 Å². The molecule has 2 atom stereocenters. The molecule has 2 aliphatic heterocycles. The molecular formula is C28H47N5O8S. The van der Waals surface area contributed by atoms with Gasteiger partial charge in [-0.3, -0.25) is 10.1 Å². The van der Waals surface area contributed by atoms with E-state index < -0.39 is 44.0 Å². The lowest BCUT2D eigenvalue weighted by atomic mass is 10.2. The molecule has 2 fully saturated rings. The Morgan fingerprint density at radius 3 is 1.98 bits per heavy atom. The maximum absolute atomic E-state index is 13.1. The van der Waals surface area contributed by atoms with Crippen LogP contribution in [0.4, 0.5) is 15.3 Å². The molecule has 0 aliphatic carbocycles. The summed E-state index contributed by atoms with van der Waals surface area (Å²) in [5, 5.41) is 14.6. The molecule has 2 saturated heterocycles. The van der Waals surface area contributed by atoms with Gasteiger partial charge in [0, 0.05) is 50.9 Å². The third-order valence-corrected chi connectivity index (χ3v) is 8.39. The highest BCUT2D eigenvalue weighted by Crippen LogP contribution is 2.29. The van der Waals surface area contributed by atoms with Crippen molar-refractivity contribution in [3.63, 3.8) is 0 Å². The van der Waals surface area contributed by atoms with Crippen LogP contribution < -0.4 is 5.32 Å². The van der Waals surface area contributed by atoms with E-state index in [0.29, 0.717) is 19.0 Å². The topological polar surface area (TPSA) is 152 Å². The van der Waals surface area contributed by atoms with E-state index in [1.807, 2.05) is 20.8 Å². The summed E-state index contributed by atoms with van der Waals surface area (Å²) in [5.74, 6) is 0. The zero-order valence-corrected chi connectivity index (χ0v) is 26.9. The molecule has 14 heteroatoms. The first-order valence-electron chi connectivity index (χ1n) is 14.3. The van der Waals surface area contributed by atoms with Crippen LogP contribution in [-0.2, 0) is 19.5 Å². The molecule has 0 spiro atoms. The van der Waals surface area contributed by atoms with Crippen molar-refractivity contribution >= 4 is 27.9 Å². The monoisotopic (exact) mass is 613 g/mol. The highest BCUT2D eigenvalue weighted by Gasteiger charge is 2.37. The van der Waals surface area contributed by atoms with Crippen LogP contribution >= 0.6 is 0 Å². The largest absolute Gasteiger partial charge is 0.444 e. The second kappa shape index (κ2) is 14.5. The number of rotatable bonds is 3. The number of ether oxygens (including phenoxy) is 2. The number of nitrogens with one attached hydrogen (secondary N) is 1. The van der Waals surface area contributed by atoms with Gasteiger partial charge in [0.1, 0.15) is 11.2 Å². The van der Waals surface area contributed by atoms with Crippen molar-refractivity contribution in [3.8, 4) is 0 Å². The van der Waals surface area contributed by atoms with Gasteiger partial charge in [-0.25, -0.2) is 18.0 Å². The average Bonchev–Trinajstić information content (AvgIpc) is 3.20. The highest BCUT2D eigenvalue weighted by molar-refractivity contribution is 7.89. The van der Waals surface area contributed by atoms with Gasteiger partial charge in [0.05, 0.1) is 4.92 Å². The Labute approximate surface area is 249 Å². The van der Waals surface area contributed by atoms with Crippen LogP contribution in [0.15, 0.2) is 29.2 Å². The van der Waals surface area contributed by atoms with Crippen LogP contribution in [0.2, 0.25) is 0 Å². The Morgan fingerprint density at radius 1 is 0.905 bits per heavy atom. The molecule has 1 aromatic rings. The summed E-state index contributed by atoms with van der Waals surface area (Å²) in [7, 11) is -4.08. The number of benzene rings is 1. The van der Waals surface area contributed by atoms with Gasteiger partial charge in [0.25, 0.3) is 5.69 Å². The fourth-order valence-corrected chi connectivity index (χ4v) is 6.36. The first kappa shape index (κ1) is 35.2. The summed E-state index contributed by atoms with van der Waals surface area (Å²) in [4.78, 5) is 37.6. The summed E-state index contributed by atoms with van der Waals surface area (Å²) in [6.45, 7) is 17.9. The van der Waals surface area contributed by atoms with Crippen molar-refractivity contribution in [1.82, 2.24) is 19.4 Å². The van der Waals surface area contributed by atoms with Gasteiger partial charge >= 0.3 is 12.2 Å². The van der Waals surface area contributed by atoms with E-state index in [1.165, 1.54) is 33.5 Å². The summed E-state index contributed by atoms with van der Waals surface area (Å²) >= 11 is 0. The summed E-state index contributed by atoms with van der Waals surface area (Å²) in [6, 6.07) is 5.08. The molecule has 42 heavy (non-hydrogen) atoms. The molecule has 2 amide bonds. The number of amides is 2. The highest BCUT2D eigenvalue weighted by atomic mass is 32.2. The van der Waals surface area contributed by atoms with Crippen LogP contribution in [0.25, 0.3) is 0 Å². The molecule has 0 radical (unpaired) electrons. The van der Waals surface area contributed by atoms with Crippen molar-refractivity contribution in [2.75, 3.05) is 39.3 Å². The predicted octanol–water partition coefficient (Wildman–Crippen LogP) is 4.22. The number of sulfonamides is 1. The van der Waals surface area contributed by atoms with Gasteiger partial charge < -0.3 is 24.6 Å². The van der Waals surface area contributed by atoms with E-state index >= 15 is 0 Å². The van der Waals surface area contributed by atoms with Crippen LogP contribution in [0.1, 0.15) is 68.2 Å². The number of carbonyl (C=O) groups excluding carboxylic acids is 2. The minimum absolute atomic E-state index is 0.148. The SMILES string of the molecule is C[C@H]1CN(C(=O)OC(C)(C)C)CCCN1.C[C@H]1CN(C(=O)OC(C)(C)C)CCCN1S(=O)(=O)c1ccccc1[N+](=O)[O-]. The number of carbonyl (C=O) groups is 2. The number of para-hydroxylation sites is 1.